The molecule has 0 spiro atoms. The van der Waals surface area contributed by atoms with Crippen molar-refractivity contribution in [1.82, 2.24) is 9.88 Å². The van der Waals surface area contributed by atoms with Crippen LogP contribution in [0.5, 0.6) is 5.75 Å². The average molecular weight is 324 g/mol. The van der Waals surface area contributed by atoms with Gasteiger partial charge in [0.2, 0.25) is 0 Å². The third-order valence-electron chi connectivity index (χ3n) is 3.52. The molecule has 4 nitrogen and oxygen atoms in total. The van der Waals surface area contributed by atoms with Gasteiger partial charge < -0.3 is 9.64 Å². The van der Waals surface area contributed by atoms with Crippen LogP contribution in [0.1, 0.15) is 16.9 Å². The second-order valence-electron chi connectivity index (χ2n) is 5.10. The molecule has 0 radical (unpaired) electrons. The van der Waals surface area contributed by atoms with Crippen molar-refractivity contribution in [3.63, 3.8) is 0 Å². The Bertz CT molecular complexity index is 685. The standard InChI is InChI=1S/C15H14F2N2O2S/c1-21-11-4-2-10(3-5-11)13-18-12(8-22-13)14(20)19-7-6-15(16,17)9-19/h2-5,8H,6-7,9H2,1H3. The van der Waals surface area contributed by atoms with E-state index in [9.17, 15) is 13.6 Å². The number of carbonyl (C=O) groups is 1. The Hall–Kier alpha value is -2.02. The summed E-state index contributed by atoms with van der Waals surface area (Å²) < 4.78 is 31.5. The van der Waals surface area contributed by atoms with E-state index in [4.69, 9.17) is 4.74 Å². The first kappa shape index (κ1) is 14.9. The Morgan fingerprint density at radius 1 is 1.36 bits per heavy atom. The number of methoxy groups -OCH3 is 1. The minimum absolute atomic E-state index is 0.0707. The lowest BCUT2D eigenvalue weighted by Gasteiger charge is -2.14. The van der Waals surface area contributed by atoms with Gasteiger partial charge >= 0.3 is 0 Å². The molecule has 0 aliphatic carbocycles. The van der Waals surface area contributed by atoms with E-state index in [1.54, 1.807) is 24.6 Å². The highest BCUT2D eigenvalue weighted by atomic mass is 32.1. The number of carbonyl (C=O) groups excluding carboxylic acids is 1. The number of hydrogen-bond donors (Lipinski definition) is 0. The van der Waals surface area contributed by atoms with Gasteiger partial charge in [0.15, 0.2) is 0 Å². The fourth-order valence-corrected chi connectivity index (χ4v) is 3.11. The van der Waals surface area contributed by atoms with Crippen molar-refractivity contribution in [2.24, 2.45) is 0 Å². The molecular formula is C15H14F2N2O2S. The number of likely N-dealkylation sites (tertiary alicyclic amines) is 1. The molecule has 1 fully saturated rings. The third-order valence-corrected chi connectivity index (χ3v) is 4.41. The third kappa shape index (κ3) is 2.94. The zero-order valence-corrected chi connectivity index (χ0v) is 12.7. The van der Waals surface area contributed by atoms with Gasteiger partial charge in [-0.2, -0.15) is 0 Å². The summed E-state index contributed by atoms with van der Waals surface area (Å²) in [6.45, 7) is -0.456. The first-order chi connectivity index (χ1) is 10.5. The number of aromatic nitrogens is 1. The van der Waals surface area contributed by atoms with Crippen molar-refractivity contribution in [3.8, 4) is 16.3 Å². The molecule has 3 rings (SSSR count). The largest absolute Gasteiger partial charge is 0.497 e. The maximum absolute atomic E-state index is 13.2. The van der Waals surface area contributed by atoms with Crippen molar-refractivity contribution < 1.29 is 18.3 Å². The lowest BCUT2D eigenvalue weighted by Crippen LogP contribution is -2.31. The first-order valence-electron chi connectivity index (χ1n) is 6.75. The summed E-state index contributed by atoms with van der Waals surface area (Å²) in [6, 6.07) is 7.30. The Morgan fingerprint density at radius 2 is 2.09 bits per heavy atom. The van der Waals surface area contributed by atoms with Crippen LogP contribution >= 0.6 is 11.3 Å². The van der Waals surface area contributed by atoms with Crippen LogP contribution in [0, 0.1) is 0 Å². The van der Waals surface area contributed by atoms with Gasteiger partial charge in [-0.3, -0.25) is 4.79 Å². The number of amides is 1. The molecule has 0 bridgehead atoms. The molecule has 116 valence electrons. The summed E-state index contributed by atoms with van der Waals surface area (Å²) in [4.78, 5) is 17.6. The van der Waals surface area contributed by atoms with Crippen molar-refractivity contribution >= 4 is 17.2 Å². The Kier molecular flexibility index (Phi) is 3.82. The van der Waals surface area contributed by atoms with Crippen molar-refractivity contribution in [3.05, 3.63) is 35.3 Å². The Labute approximate surface area is 130 Å². The zero-order chi connectivity index (χ0) is 15.7. The minimum Gasteiger partial charge on any atom is -0.497 e. The number of alkyl halides is 2. The molecule has 1 saturated heterocycles. The highest BCUT2D eigenvalue weighted by Gasteiger charge is 2.40. The normalized spacial score (nSPS) is 16.8. The SMILES string of the molecule is COc1ccc(-c2nc(C(=O)N3CCC(F)(F)C3)cs2)cc1. The highest BCUT2D eigenvalue weighted by Crippen LogP contribution is 2.30. The minimum atomic E-state index is -2.79. The Morgan fingerprint density at radius 3 is 2.68 bits per heavy atom. The van der Waals surface area contributed by atoms with Crippen molar-refractivity contribution in [2.45, 2.75) is 12.3 Å². The lowest BCUT2D eigenvalue weighted by molar-refractivity contribution is 0.0119. The maximum atomic E-state index is 13.2. The fourth-order valence-electron chi connectivity index (χ4n) is 2.31. The van der Waals surface area contributed by atoms with Gasteiger partial charge in [-0.05, 0) is 24.3 Å². The molecule has 1 aromatic carbocycles. The van der Waals surface area contributed by atoms with E-state index in [0.29, 0.717) is 5.01 Å². The fraction of sp³-hybridized carbons (Fsp3) is 0.333. The van der Waals surface area contributed by atoms with E-state index in [-0.39, 0.29) is 18.7 Å². The van der Waals surface area contributed by atoms with E-state index in [2.05, 4.69) is 4.98 Å². The second-order valence-corrected chi connectivity index (χ2v) is 5.96. The van der Waals surface area contributed by atoms with Gasteiger partial charge in [-0.15, -0.1) is 11.3 Å². The summed E-state index contributed by atoms with van der Waals surface area (Å²) in [5, 5.41) is 2.29. The smallest absolute Gasteiger partial charge is 0.273 e. The molecule has 22 heavy (non-hydrogen) atoms. The molecule has 1 amide bonds. The Balaban J connectivity index is 1.77. The maximum Gasteiger partial charge on any atom is 0.273 e. The van der Waals surface area contributed by atoms with Crippen LogP contribution in [-0.4, -0.2) is 41.9 Å². The molecule has 2 aromatic rings. The highest BCUT2D eigenvalue weighted by molar-refractivity contribution is 7.13. The quantitative estimate of drug-likeness (QED) is 0.870. The number of benzene rings is 1. The summed E-state index contributed by atoms with van der Waals surface area (Å²) >= 11 is 1.32. The molecular weight excluding hydrogens is 310 g/mol. The van der Waals surface area contributed by atoms with Crippen LogP contribution < -0.4 is 4.74 Å². The van der Waals surface area contributed by atoms with Gasteiger partial charge in [-0.1, -0.05) is 0 Å². The number of rotatable bonds is 3. The van der Waals surface area contributed by atoms with E-state index >= 15 is 0 Å². The predicted molar refractivity (Wildman–Crippen MR) is 79.6 cm³/mol. The van der Waals surface area contributed by atoms with Crippen LogP contribution in [0.15, 0.2) is 29.6 Å². The van der Waals surface area contributed by atoms with Gasteiger partial charge in [0.05, 0.1) is 13.7 Å². The van der Waals surface area contributed by atoms with Crippen LogP contribution in [0.4, 0.5) is 8.78 Å². The molecule has 7 heteroatoms. The van der Waals surface area contributed by atoms with Crippen molar-refractivity contribution in [2.75, 3.05) is 20.2 Å². The molecule has 1 aliphatic heterocycles. The summed E-state index contributed by atoms with van der Waals surface area (Å²) in [7, 11) is 1.58. The molecule has 1 aliphatic rings. The predicted octanol–water partition coefficient (Wildman–Crippen LogP) is 3.30. The number of halogens is 2. The summed E-state index contributed by atoms with van der Waals surface area (Å²) in [5.74, 6) is -2.49. The summed E-state index contributed by atoms with van der Waals surface area (Å²) in [6.07, 6.45) is -0.284. The second kappa shape index (κ2) is 5.64. The molecule has 0 saturated carbocycles. The monoisotopic (exact) mass is 324 g/mol. The lowest BCUT2D eigenvalue weighted by atomic mass is 10.2. The number of ether oxygens (including phenoxy) is 1. The molecule has 0 atom stereocenters. The van der Waals surface area contributed by atoms with E-state index in [1.165, 1.54) is 11.3 Å². The summed E-state index contributed by atoms with van der Waals surface area (Å²) in [5.41, 5.74) is 1.07. The number of hydrogen-bond acceptors (Lipinski definition) is 4. The molecule has 1 aromatic heterocycles. The van der Waals surface area contributed by atoms with Crippen LogP contribution in [0.25, 0.3) is 10.6 Å². The van der Waals surface area contributed by atoms with Gasteiger partial charge in [0.1, 0.15) is 16.5 Å². The zero-order valence-electron chi connectivity index (χ0n) is 11.9. The number of nitrogens with zero attached hydrogens (tertiary/aromatic N) is 2. The first-order valence-corrected chi connectivity index (χ1v) is 7.63. The van der Waals surface area contributed by atoms with Crippen molar-refractivity contribution in [1.29, 1.82) is 0 Å². The van der Waals surface area contributed by atoms with E-state index in [0.717, 1.165) is 16.2 Å². The van der Waals surface area contributed by atoms with E-state index < -0.39 is 18.4 Å². The van der Waals surface area contributed by atoms with Gasteiger partial charge in [0.25, 0.3) is 11.8 Å². The topological polar surface area (TPSA) is 42.4 Å². The van der Waals surface area contributed by atoms with Gasteiger partial charge in [-0.25, -0.2) is 13.8 Å². The number of thiazole rings is 1. The molecule has 0 unspecified atom stereocenters. The molecule has 0 N–H and O–H groups in total. The molecule has 2 heterocycles. The van der Waals surface area contributed by atoms with Crippen LogP contribution in [-0.2, 0) is 0 Å². The van der Waals surface area contributed by atoms with Crippen LogP contribution in [0.2, 0.25) is 0 Å². The van der Waals surface area contributed by atoms with Crippen LogP contribution in [0.3, 0.4) is 0 Å². The average Bonchev–Trinajstić information content (AvgIpc) is 3.13. The van der Waals surface area contributed by atoms with E-state index in [1.807, 2.05) is 12.1 Å². The van der Waals surface area contributed by atoms with Gasteiger partial charge in [0, 0.05) is 23.9 Å².